The number of halogens is 1. The average molecular weight is 498 g/mol. The number of fused-ring (bicyclic) bond motifs is 1. The second-order valence-corrected chi connectivity index (χ2v) is 9.03. The van der Waals surface area contributed by atoms with E-state index in [1.54, 1.807) is 0 Å². The highest BCUT2D eigenvalue weighted by atomic mass is 79.9. The molecule has 31 heavy (non-hydrogen) atoms. The van der Waals surface area contributed by atoms with E-state index in [2.05, 4.69) is 31.2 Å². The first-order chi connectivity index (χ1) is 14.9. The lowest BCUT2D eigenvalue weighted by Crippen LogP contribution is -2.27. The van der Waals surface area contributed by atoms with Gasteiger partial charge in [-0.2, -0.15) is 4.98 Å². The van der Waals surface area contributed by atoms with Crippen LogP contribution in [-0.4, -0.2) is 27.5 Å². The Balaban J connectivity index is 1.52. The lowest BCUT2D eigenvalue weighted by Gasteiger charge is -2.15. The molecule has 7 nitrogen and oxygen atoms in total. The predicted molar refractivity (Wildman–Crippen MR) is 128 cm³/mol. The lowest BCUT2D eigenvalue weighted by atomic mass is 10.2. The maximum atomic E-state index is 12.9. The number of nitrogens with one attached hydrogen (secondary N) is 1. The van der Waals surface area contributed by atoms with Crippen LogP contribution in [0.4, 0.5) is 10.8 Å². The number of carbonyl (C=O) groups excluding carboxylic acids is 1. The Morgan fingerprint density at radius 2 is 2.00 bits per heavy atom. The van der Waals surface area contributed by atoms with Gasteiger partial charge in [0.1, 0.15) is 17.6 Å². The Labute approximate surface area is 191 Å². The normalized spacial score (nSPS) is 10.9. The molecule has 0 radical (unpaired) electrons. The van der Waals surface area contributed by atoms with Gasteiger partial charge in [0.2, 0.25) is 5.91 Å². The summed E-state index contributed by atoms with van der Waals surface area (Å²) in [5.74, 6) is -0.307. The first kappa shape index (κ1) is 21.2. The van der Waals surface area contributed by atoms with Crippen LogP contribution in [0.1, 0.15) is 11.1 Å². The van der Waals surface area contributed by atoms with Gasteiger partial charge in [-0.3, -0.25) is 14.2 Å². The van der Waals surface area contributed by atoms with Gasteiger partial charge in [-0.1, -0.05) is 47.7 Å². The minimum atomic E-state index is -0.307. The maximum absolute atomic E-state index is 12.9. The van der Waals surface area contributed by atoms with Gasteiger partial charge in [0.15, 0.2) is 10.8 Å². The summed E-state index contributed by atoms with van der Waals surface area (Å²) in [5.41, 5.74) is 2.99. The molecule has 1 amide bonds. The van der Waals surface area contributed by atoms with Crippen molar-refractivity contribution in [1.82, 2.24) is 14.5 Å². The van der Waals surface area contributed by atoms with Gasteiger partial charge >= 0.3 is 0 Å². The molecule has 158 valence electrons. The summed E-state index contributed by atoms with van der Waals surface area (Å²) < 4.78 is 2.52. The number of hydrogen-bond acceptors (Lipinski definition) is 6. The van der Waals surface area contributed by atoms with Crippen LogP contribution in [0, 0.1) is 6.92 Å². The van der Waals surface area contributed by atoms with E-state index < -0.39 is 0 Å². The van der Waals surface area contributed by atoms with Gasteiger partial charge in [0, 0.05) is 18.1 Å². The summed E-state index contributed by atoms with van der Waals surface area (Å²) in [4.78, 5) is 36.1. The fourth-order valence-corrected chi connectivity index (χ4v) is 4.62. The summed E-state index contributed by atoms with van der Waals surface area (Å²) in [6.45, 7) is 2.51. The number of thiazole rings is 1. The number of rotatable bonds is 6. The van der Waals surface area contributed by atoms with Crippen molar-refractivity contribution >= 4 is 54.3 Å². The minimum absolute atomic E-state index is 0.130. The van der Waals surface area contributed by atoms with Crippen LogP contribution < -0.4 is 15.8 Å². The van der Waals surface area contributed by atoms with E-state index in [1.807, 2.05) is 67.4 Å². The van der Waals surface area contributed by atoms with Crippen LogP contribution in [0.5, 0.6) is 0 Å². The molecule has 0 aliphatic heterocycles. The van der Waals surface area contributed by atoms with Gasteiger partial charge in [0.25, 0.3) is 5.56 Å². The second-order valence-electron chi connectivity index (χ2n) is 7.20. The van der Waals surface area contributed by atoms with Crippen LogP contribution >= 0.6 is 27.3 Å². The fourth-order valence-electron chi connectivity index (χ4n) is 3.10. The summed E-state index contributed by atoms with van der Waals surface area (Å²) in [7, 11) is 1.93. The average Bonchev–Trinajstić information content (AvgIpc) is 3.18. The van der Waals surface area contributed by atoms with Crippen molar-refractivity contribution in [2.75, 3.05) is 17.3 Å². The Bertz CT molecular complexity index is 1300. The zero-order chi connectivity index (χ0) is 22.0. The van der Waals surface area contributed by atoms with Crippen molar-refractivity contribution in [2.45, 2.75) is 20.0 Å². The van der Waals surface area contributed by atoms with E-state index in [0.717, 1.165) is 15.6 Å². The monoisotopic (exact) mass is 497 g/mol. The number of hydrogen-bond donors (Lipinski definition) is 1. The first-order valence-corrected chi connectivity index (χ1v) is 11.2. The zero-order valence-corrected chi connectivity index (χ0v) is 19.4. The third-order valence-electron chi connectivity index (χ3n) is 4.67. The highest BCUT2D eigenvalue weighted by Gasteiger charge is 2.15. The van der Waals surface area contributed by atoms with Crippen molar-refractivity contribution in [3.05, 3.63) is 80.8 Å². The van der Waals surface area contributed by atoms with Gasteiger partial charge in [-0.25, -0.2) is 4.98 Å². The van der Waals surface area contributed by atoms with Crippen molar-refractivity contribution in [3.8, 4) is 0 Å². The van der Waals surface area contributed by atoms with E-state index >= 15 is 0 Å². The van der Waals surface area contributed by atoms with Gasteiger partial charge in [-0.15, -0.1) is 0 Å². The quantitative estimate of drug-likeness (QED) is 0.431. The van der Waals surface area contributed by atoms with Gasteiger partial charge in [-0.05, 0) is 46.1 Å². The molecule has 0 atom stereocenters. The lowest BCUT2D eigenvalue weighted by molar-refractivity contribution is -0.116. The number of amides is 1. The number of benzene rings is 2. The predicted octanol–water partition coefficient (Wildman–Crippen LogP) is 4.20. The molecule has 0 bridgehead atoms. The highest BCUT2D eigenvalue weighted by Crippen LogP contribution is 2.26. The van der Waals surface area contributed by atoms with E-state index in [1.165, 1.54) is 22.2 Å². The Morgan fingerprint density at radius 3 is 2.74 bits per heavy atom. The molecule has 0 unspecified atom stereocenters. The molecule has 2 heterocycles. The second kappa shape index (κ2) is 8.99. The third kappa shape index (κ3) is 4.83. The fraction of sp³-hybridized carbons (Fsp3) is 0.182. The molecule has 0 saturated heterocycles. The molecule has 4 aromatic rings. The standard InChI is InChI=1S/C22H20BrN5O2S/c1-14-8-9-17(16(23)10-14)25-18(29)12-28-13-24-20-19(21(28)30)31-22(26-20)27(2)11-15-6-4-3-5-7-15/h3-10,13H,11-12H2,1-2H3,(H,25,29). The zero-order valence-electron chi connectivity index (χ0n) is 17.0. The largest absolute Gasteiger partial charge is 0.347 e. The molecule has 0 aliphatic rings. The number of carbonyl (C=O) groups is 1. The minimum Gasteiger partial charge on any atom is -0.347 e. The Hall–Kier alpha value is -3.04. The van der Waals surface area contributed by atoms with Crippen LogP contribution in [0.15, 0.2) is 64.1 Å². The van der Waals surface area contributed by atoms with E-state index in [9.17, 15) is 9.59 Å². The molecule has 0 spiro atoms. The number of aromatic nitrogens is 3. The molecule has 0 fully saturated rings. The SMILES string of the molecule is Cc1ccc(NC(=O)Cn2cnc3nc(N(C)Cc4ccccc4)sc3c2=O)c(Br)c1. The molecular weight excluding hydrogens is 478 g/mol. The van der Waals surface area contributed by atoms with E-state index in [-0.39, 0.29) is 18.0 Å². The topological polar surface area (TPSA) is 80.1 Å². The summed E-state index contributed by atoms with van der Waals surface area (Å²) in [5, 5.41) is 3.52. The number of anilines is 2. The van der Waals surface area contributed by atoms with E-state index in [4.69, 9.17) is 0 Å². The molecule has 0 saturated carbocycles. The molecule has 2 aromatic carbocycles. The summed E-state index contributed by atoms with van der Waals surface area (Å²) in [6.07, 6.45) is 1.37. The van der Waals surface area contributed by atoms with Crippen LogP contribution in [0.25, 0.3) is 10.3 Å². The van der Waals surface area contributed by atoms with Crippen LogP contribution in [-0.2, 0) is 17.9 Å². The van der Waals surface area contributed by atoms with Crippen molar-refractivity contribution in [1.29, 1.82) is 0 Å². The molecule has 9 heteroatoms. The smallest absolute Gasteiger partial charge is 0.273 e. The Kier molecular flexibility index (Phi) is 6.15. The van der Waals surface area contributed by atoms with Crippen LogP contribution in [0.2, 0.25) is 0 Å². The van der Waals surface area contributed by atoms with Crippen molar-refractivity contribution in [3.63, 3.8) is 0 Å². The summed E-state index contributed by atoms with van der Waals surface area (Å²) >= 11 is 4.72. The molecule has 1 N–H and O–H groups in total. The molecule has 4 rings (SSSR count). The van der Waals surface area contributed by atoms with Crippen molar-refractivity contribution < 1.29 is 4.79 Å². The third-order valence-corrected chi connectivity index (χ3v) is 6.48. The maximum Gasteiger partial charge on any atom is 0.273 e. The summed E-state index contributed by atoms with van der Waals surface area (Å²) in [6, 6.07) is 15.7. The molecule has 2 aromatic heterocycles. The Morgan fingerprint density at radius 1 is 1.23 bits per heavy atom. The van der Waals surface area contributed by atoms with Gasteiger partial charge < -0.3 is 10.2 Å². The number of nitrogens with zero attached hydrogens (tertiary/aromatic N) is 4. The van der Waals surface area contributed by atoms with Crippen LogP contribution in [0.3, 0.4) is 0 Å². The van der Waals surface area contributed by atoms with Gasteiger partial charge in [0.05, 0.1) is 5.69 Å². The van der Waals surface area contributed by atoms with Crippen molar-refractivity contribution in [2.24, 2.45) is 0 Å². The van der Waals surface area contributed by atoms with E-state index in [0.29, 0.717) is 27.7 Å². The molecule has 0 aliphatic carbocycles. The number of aryl methyl sites for hydroxylation is 1. The first-order valence-electron chi connectivity index (χ1n) is 9.58. The molecular formula is C22H20BrN5O2S. The highest BCUT2D eigenvalue weighted by molar-refractivity contribution is 9.10.